The van der Waals surface area contributed by atoms with Crippen molar-refractivity contribution in [1.82, 2.24) is 16.0 Å². The van der Waals surface area contributed by atoms with E-state index >= 15 is 0 Å². The van der Waals surface area contributed by atoms with Gasteiger partial charge in [0, 0.05) is 18.7 Å². The summed E-state index contributed by atoms with van der Waals surface area (Å²) in [6.07, 6.45) is 2.06. The fraction of sp³-hybridized carbons (Fsp3) is 0.714. The van der Waals surface area contributed by atoms with Gasteiger partial charge in [-0.1, -0.05) is 20.8 Å². The van der Waals surface area contributed by atoms with Gasteiger partial charge in [-0.25, -0.2) is 0 Å². The van der Waals surface area contributed by atoms with Crippen molar-refractivity contribution in [1.29, 1.82) is 0 Å². The van der Waals surface area contributed by atoms with Gasteiger partial charge in [-0.3, -0.25) is 5.01 Å². The number of allylic oxidation sites excluding steroid dienone is 1. The maximum atomic E-state index is 3.08. The number of hydrogen-bond acceptors (Lipinski definition) is 3. The average molecular weight is 141 g/mol. The van der Waals surface area contributed by atoms with Crippen molar-refractivity contribution in [3.05, 3.63) is 11.9 Å². The van der Waals surface area contributed by atoms with Gasteiger partial charge in [0.15, 0.2) is 0 Å². The van der Waals surface area contributed by atoms with Crippen LogP contribution in [0.15, 0.2) is 11.9 Å². The van der Waals surface area contributed by atoms with Crippen LogP contribution in [-0.2, 0) is 0 Å². The smallest absolute Gasteiger partial charge is 0.0506 e. The van der Waals surface area contributed by atoms with Crippen LogP contribution in [0.2, 0.25) is 0 Å². The van der Waals surface area contributed by atoms with Gasteiger partial charge in [0.1, 0.15) is 0 Å². The molecule has 0 saturated heterocycles. The zero-order valence-corrected chi connectivity index (χ0v) is 7.02. The van der Waals surface area contributed by atoms with Crippen LogP contribution in [0.1, 0.15) is 20.8 Å². The van der Waals surface area contributed by atoms with Crippen molar-refractivity contribution < 1.29 is 0 Å². The third-order valence-corrected chi connectivity index (χ3v) is 1.50. The standard InChI is InChI=1S/C7H15N3/c1-7(2,3)6-5-10(4)9-8-6/h5,8-9H,1-4H3. The third-order valence-electron chi connectivity index (χ3n) is 1.50. The lowest BCUT2D eigenvalue weighted by Gasteiger charge is -2.18. The number of hydrazine groups is 2. The molecule has 0 aromatic carbocycles. The molecule has 0 radical (unpaired) electrons. The Morgan fingerprint density at radius 2 is 2.00 bits per heavy atom. The molecule has 3 heteroatoms. The Balaban J connectivity index is 2.67. The summed E-state index contributed by atoms with van der Waals surface area (Å²) in [7, 11) is 1.96. The Morgan fingerprint density at radius 3 is 2.20 bits per heavy atom. The molecule has 0 bridgehead atoms. The Bertz CT molecular complexity index is 155. The van der Waals surface area contributed by atoms with Crippen molar-refractivity contribution in [2.24, 2.45) is 5.41 Å². The van der Waals surface area contributed by atoms with Gasteiger partial charge in [0.25, 0.3) is 0 Å². The van der Waals surface area contributed by atoms with E-state index in [0.717, 1.165) is 0 Å². The molecule has 1 rings (SSSR count). The molecule has 1 aliphatic heterocycles. The van der Waals surface area contributed by atoms with E-state index in [1.54, 1.807) is 0 Å². The first-order valence-corrected chi connectivity index (χ1v) is 3.47. The second-order valence-electron chi connectivity index (χ2n) is 3.64. The van der Waals surface area contributed by atoms with E-state index < -0.39 is 0 Å². The highest BCUT2D eigenvalue weighted by Gasteiger charge is 2.20. The van der Waals surface area contributed by atoms with E-state index in [4.69, 9.17) is 0 Å². The Kier molecular flexibility index (Phi) is 1.60. The summed E-state index contributed by atoms with van der Waals surface area (Å²) in [6.45, 7) is 6.52. The number of nitrogens with zero attached hydrogens (tertiary/aromatic N) is 1. The zero-order chi connectivity index (χ0) is 7.78. The van der Waals surface area contributed by atoms with Crippen LogP contribution < -0.4 is 11.0 Å². The van der Waals surface area contributed by atoms with Gasteiger partial charge < -0.3 is 5.43 Å². The van der Waals surface area contributed by atoms with E-state index in [2.05, 4.69) is 37.9 Å². The molecule has 0 aromatic heterocycles. The van der Waals surface area contributed by atoms with Crippen LogP contribution >= 0.6 is 0 Å². The summed E-state index contributed by atoms with van der Waals surface area (Å²) in [5, 5.41) is 1.90. The molecule has 10 heavy (non-hydrogen) atoms. The fourth-order valence-electron chi connectivity index (χ4n) is 0.788. The van der Waals surface area contributed by atoms with E-state index in [-0.39, 0.29) is 5.41 Å². The third kappa shape index (κ3) is 1.42. The average Bonchev–Trinajstić information content (AvgIpc) is 2.11. The summed E-state index contributed by atoms with van der Waals surface area (Å²) in [6, 6.07) is 0. The molecule has 3 nitrogen and oxygen atoms in total. The predicted octanol–water partition coefficient (Wildman–Crippen LogP) is 0.828. The molecular weight excluding hydrogens is 126 g/mol. The Morgan fingerprint density at radius 1 is 1.40 bits per heavy atom. The largest absolute Gasteiger partial charge is 0.306 e. The molecule has 0 aliphatic carbocycles. The van der Waals surface area contributed by atoms with Crippen LogP contribution in [-0.4, -0.2) is 12.1 Å². The van der Waals surface area contributed by atoms with Gasteiger partial charge >= 0.3 is 0 Å². The quantitative estimate of drug-likeness (QED) is 0.523. The van der Waals surface area contributed by atoms with Crippen molar-refractivity contribution >= 4 is 0 Å². The Hall–Kier alpha value is -0.700. The summed E-state index contributed by atoms with van der Waals surface area (Å²) in [5.74, 6) is 0. The molecule has 0 saturated carbocycles. The number of hydrogen-bond donors (Lipinski definition) is 2. The fourth-order valence-corrected chi connectivity index (χ4v) is 0.788. The summed E-state index contributed by atoms with van der Waals surface area (Å²) >= 11 is 0. The number of nitrogens with one attached hydrogen (secondary N) is 2. The minimum Gasteiger partial charge on any atom is -0.306 e. The van der Waals surface area contributed by atoms with E-state index in [9.17, 15) is 0 Å². The minimum absolute atomic E-state index is 0.206. The maximum Gasteiger partial charge on any atom is 0.0506 e. The predicted molar refractivity (Wildman–Crippen MR) is 41.6 cm³/mol. The van der Waals surface area contributed by atoms with Crippen molar-refractivity contribution in [2.75, 3.05) is 7.05 Å². The molecule has 0 atom stereocenters. The lowest BCUT2D eigenvalue weighted by atomic mass is 9.93. The molecule has 2 N–H and O–H groups in total. The van der Waals surface area contributed by atoms with Crippen LogP contribution in [0.25, 0.3) is 0 Å². The molecule has 0 fully saturated rings. The first-order chi connectivity index (χ1) is 4.50. The zero-order valence-electron chi connectivity index (χ0n) is 7.02. The van der Waals surface area contributed by atoms with E-state index in [1.165, 1.54) is 5.70 Å². The SMILES string of the molecule is CN1C=C(C(C)(C)C)NN1. The van der Waals surface area contributed by atoms with Gasteiger partial charge in [0.2, 0.25) is 0 Å². The molecule has 1 aliphatic rings. The number of rotatable bonds is 0. The molecule has 0 unspecified atom stereocenters. The van der Waals surface area contributed by atoms with Crippen LogP contribution in [0.4, 0.5) is 0 Å². The normalized spacial score (nSPS) is 18.8. The Labute approximate surface area is 62.0 Å². The van der Waals surface area contributed by atoms with Crippen LogP contribution in [0.3, 0.4) is 0 Å². The van der Waals surface area contributed by atoms with Gasteiger partial charge in [-0.2, -0.15) is 0 Å². The molecule has 0 spiro atoms. The van der Waals surface area contributed by atoms with Gasteiger partial charge in [-0.15, -0.1) is 5.53 Å². The highest BCUT2D eigenvalue weighted by Crippen LogP contribution is 2.23. The monoisotopic (exact) mass is 141 g/mol. The minimum atomic E-state index is 0.206. The van der Waals surface area contributed by atoms with Crippen molar-refractivity contribution in [2.45, 2.75) is 20.8 Å². The van der Waals surface area contributed by atoms with Gasteiger partial charge in [0.05, 0.1) is 5.70 Å². The van der Waals surface area contributed by atoms with E-state index in [0.29, 0.717) is 0 Å². The first-order valence-electron chi connectivity index (χ1n) is 3.47. The lowest BCUT2D eigenvalue weighted by Crippen LogP contribution is -2.35. The second kappa shape index (κ2) is 2.16. The summed E-state index contributed by atoms with van der Waals surface area (Å²) in [4.78, 5) is 0. The first kappa shape index (κ1) is 7.41. The molecule has 0 aromatic rings. The van der Waals surface area contributed by atoms with Crippen LogP contribution in [0.5, 0.6) is 0 Å². The molecule has 0 amide bonds. The maximum absolute atomic E-state index is 3.08. The lowest BCUT2D eigenvalue weighted by molar-refractivity contribution is 0.319. The second-order valence-corrected chi connectivity index (χ2v) is 3.64. The highest BCUT2D eigenvalue weighted by atomic mass is 15.7. The molecular formula is C7H15N3. The van der Waals surface area contributed by atoms with Gasteiger partial charge in [-0.05, 0) is 0 Å². The summed E-state index contributed by atoms with van der Waals surface area (Å²) in [5.41, 5.74) is 7.47. The topological polar surface area (TPSA) is 27.3 Å². The molecule has 1 heterocycles. The van der Waals surface area contributed by atoms with Crippen LogP contribution in [0, 0.1) is 5.41 Å². The molecule has 58 valence electrons. The van der Waals surface area contributed by atoms with Crippen molar-refractivity contribution in [3.8, 4) is 0 Å². The summed E-state index contributed by atoms with van der Waals surface area (Å²) < 4.78 is 0. The van der Waals surface area contributed by atoms with Crippen molar-refractivity contribution in [3.63, 3.8) is 0 Å². The highest BCUT2D eigenvalue weighted by molar-refractivity contribution is 5.09. The van der Waals surface area contributed by atoms with E-state index in [1.807, 2.05) is 12.1 Å².